The highest BCUT2D eigenvalue weighted by Gasteiger charge is 2.23. The highest BCUT2D eigenvalue weighted by atomic mass is 16.5. The monoisotopic (exact) mass is 298 g/mol. The molecule has 0 fully saturated rings. The average Bonchev–Trinajstić information content (AvgIpc) is 2.53. The first-order chi connectivity index (χ1) is 10.6. The fraction of sp³-hybridized carbons (Fsp3) is 0.176. The number of fused-ring (bicyclic) bond motifs is 2. The molecule has 2 aromatic carbocycles. The lowest BCUT2D eigenvalue weighted by atomic mass is 10.1. The summed E-state index contributed by atoms with van der Waals surface area (Å²) in [6.45, 7) is 2.00. The standard InChI is InChI=1S/C17H14O5/c1-10-5-12-9-21-17(19)13-7-11(8-18)3-4-14(13)22-16(12)15(6-10)20-2/h3-8H,9H2,1-2H3. The van der Waals surface area contributed by atoms with Gasteiger partial charge in [0.2, 0.25) is 0 Å². The first-order valence-corrected chi connectivity index (χ1v) is 6.74. The molecule has 5 nitrogen and oxygen atoms in total. The first kappa shape index (κ1) is 14.1. The van der Waals surface area contributed by atoms with E-state index in [1.54, 1.807) is 19.2 Å². The summed E-state index contributed by atoms with van der Waals surface area (Å²) in [4.78, 5) is 23.0. The van der Waals surface area contributed by atoms with E-state index in [1.807, 2.05) is 19.1 Å². The number of esters is 1. The summed E-state index contributed by atoms with van der Waals surface area (Å²) < 4.78 is 16.5. The summed E-state index contributed by atoms with van der Waals surface area (Å²) in [5.74, 6) is 0.891. The summed E-state index contributed by atoms with van der Waals surface area (Å²) >= 11 is 0. The Kier molecular flexibility index (Phi) is 3.55. The minimum atomic E-state index is -0.523. The largest absolute Gasteiger partial charge is 0.493 e. The minimum absolute atomic E-state index is 0.0803. The smallest absolute Gasteiger partial charge is 0.342 e. The maximum atomic E-state index is 12.1. The van der Waals surface area contributed by atoms with Gasteiger partial charge in [-0.1, -0.05) is 0 Å². The average molecular weight is 298 g/mol. The van der Waals surface area contributed by atoms with Crippen LogP contribution in [-0.2, 0) is 11.3 Å². The molecular weight excluding hydrogens is 284 g/mol. The summed E-state index contributed by atoms with van der Waals surface area (Å²) in [5, 5.41) is 0. The van der Waals surface area contributed by atoms with Crippen LogP contribution in [0.5, 0.6) is 17.2 Å². The summed E-state index contributed by atoms with van der Waals surface area (Å²) in [7, 11) is 1.56. The lowest BCUT2D eigenvalue weighted by Crippen LogP contribution is -2.12. The zero-order chi connectivity index (χ0) is 15.7. The van der Waals surface area contributed by atoms with E-state index in [0.717, 1.165) is 11.1 Å². The maximum Gasteiger partial charge on any atom is 0.342 e. The summed E-state index contributed by atoms with van der Waals surface area (Å²) in [5.41, 5.74) is 2.32. The number of benzene rings is 2. The second kappa shape index (κ2) is 5.52. The molecule has 0 aliphatic carbocycles. The first-order valence-electron chi connectivity index (χ1n) is 6.74. The van der Waals surface area contributed by atoms with E-state index in [2.05, 4.69) is 0 Å². The third kappa shape index (κ3) is 2.41. The Morgan fingerprint density at radius 3 is 2.77 bits per heavy atom. The molecule has 0 N–H and O–H groups in total. The van der Waals surface area contributed by atoms with Crippen LogP contribution in [0.25, 0.3) is 0 Å². The van der Waals surface area contributed by atoms with E-state index in [-0.39, 0.29) is 12.2 Å². The van der Waals surface area contributed by atoms with Crippen molar-refractivity contribution in [2.24, 2.45) is 0 Å². The Hall–Kier alpha value is -2.82. The van der Waals surface area contributed by atoms with Crippen molar-refractivity contribution < 1.29 is 23.8 Å². The summed E-state index contributed by atoms with van der Waals surface area (Å²) in [6, 6.07) is 8.35. The lowest BCUT2D eigenvalue weighted by molar-refractivity contribution is 0.0459. The zero-order valence-corrected chi connectivity index (χ0v) is 12.2. The molecule has 1 aliphatic rings. The van der Waals surface area contributed by atoms with Crippen LogP contribution in [0, 0.1) is 6.92 Å². The quantitative estimate of drug-likeness (QED) is 0.629. The van der Waals surface area contributed by atoms with Crippen molar-refractivity contribution in [3.05, 3.63) is 52.6 Å². The van der Waals surface area contributed by atoms with Gasteiger partial charge in [0.05, 0.1) is 7.11 Å². The van der Waals surface area contributed by atoms with Crippen LogP contribution in [-0.4, -0.2) is 19.4 Å². The molecule has 0 aromatic heterocycles. The van der Waals surface area contributed by atoms with E-state index in [0.29, 0.717) is 29.1 Å². The zero-order valence-electron chi connectivity index (χ0n) is 12.2. The number of methoxy groups -OCH3 is 1. The van der Waals surface area contributed by atoms with Gasteiger partial charge in [0.1, 0.15) is 24.2 Å². The molecule has 2 aromatic rings. The van der Waals surface area contributed by atoms with Crippen molar-refractivity contribution in [3.63, 3.8) is 0 Å². The molecule has 0 atom stereocenters. The van der Waals surface area contributed by atoms with Gasteiger partial charge < -0.3 is 14.2 Å². The highest BCUT2D eigenvalue weighted by Crippen LogP contribution is 2.39. The Balaban J connectivity index is 2.16. The number of rotatable bonds is 2. The Morgan fingerprint density at radius 1 is 1.23 bits per heavy atom. The number of aldehydes is 1. The number of hydrogen-bond donors (Lipinski definition) is 0. The van der Waals surface area contributed by atoms with Crippen molar-refractivity contribution >= 4 is 12.3 Å². The molecule has 0 saturated heterocycles. The van der Waals surface area contributed by atoms with Gasteiger partial charge >= 0.3 is 5.97 Å². The number of ether oxygens (including phenoxy) is 3. The molecule has 1 aliphatic heterocycles. The van der Waals surface area contributed by atoms with Crippen molar-refractivity contribution in [3.8, 4) is 17.2 Å². The Morgan fingerprint density at radius 2 is 2.05 bits per heavy atom. The molecule has 0 unspecified atom stereocenters. The van der Waals surface area contributed by atoms with Gasteiger partial charge in [0, 0.05) is 11.1 Å². The van der Waals surface area contributed by atoms with Crippen LogP contribution in [0.3, 0.4) is 0 Å². The molecule has 0 bridgehead atoms. The van der Waals surface area contributed by atoms with Crippen LogP contribution in [0.4, 0.5) is 0 Å². The fourth-order valence-corrected chi connectivity index (χ4v) is 2.39. The van der Waals surface area contributed by atoms with Crippen LogP contribution in [0.2, 0.25) is 0 Å². The minimum Gasteiger partial charge on any atom is -0.493 e. The van der Waals surface area contributed by atoms with Crippen molar-refractivity contribution in [1.82, 2.24) is 0 Å². The maximum absolute atomic E-state index is 12.1. The second-order valence-corrected chi connectivity index (χ2v) is 5.01. The normalized spacial score (nSPS) is 12.9. The van der Waals surface area contributed by atoms with Crippen LogP contribution < -0.4 is 9.47 Å². The Bertz CT molecular complexity index is 764. The lowest BCUT2D eigenvalue weighted by Gasteiger charge is -2.20. The predicted molar refractivity (Wildman–Crippen MR) is 78.8 cm³/mol. The van der Waals surface area contributed by atoms with E-state index >= 15 is 0 Å². The van der Waals surface area contributed by atoms with Crippen LogP contribution in [0.1, 0.15) is 31.8 Å². The molecule has 3 rings (SSSR count). The predicted octanol–water partition coefficient (Wildman–Crippen LogP) is 3.28. The van der Waals surface area contributed by atoms with Crippen molar-refractivity contribution in [2.75, 3.05) is 7.11 Å². The van der Waals surface area contributed by atoms with Crippen LogP contribution >= 0.6 is 0 Å². The number of hydrogen-bond acceptors (Lipinski definition) is 5. The van der Waals surface area contributed by atoms with E-state index in [4.69, 9.17) is 14.2 Å². The molecule has 0 amide bonds. The molecule has 1 heterocycles. The summed E-state index contributed by atoms with van der Waals surface area (Å²) in [6.07, 6.45) is 0.671. The van der Waals surface area contributed by atoms with E-state index < -0.39 is 5.97 Å². The van der Waals surface area contributed by atoms with E-state index in [9.17, 15) is 9.59 Å². The van der Waals surface area contributed by atoms with Gasteiger partial charge in [0.25, 0.3) is 0 Å². The van der Waals surface area contributed by atoms with Gasteiger partial charge in [-0.2, -0.15) is 0 Å². The molecule has 0 radical (unpaired) electrons. The Labute approximate surface area is 127 Å². The third-order valence-electron chi connectivity index (χ3n) is 3.43. The third-order valence-corrected chi connectivity index (χ3v) is 3.43. The fourth-order valence-electron chi connectivity index (χ4n) is 2.39. The molecule has 0 saturated carbocycles. The molecule has 22 heavy (non-hydrogen) atoms. The van der Waals surface area contributed by atoms with Gasteiger partial charge in [0.15, 0.2) is 11.5 Å². The van der Waals surface area contributed by atoms with Crippen molar-refractivity contribution in [2.45, 2.75) is 13.5 Å². The molecule has 112 valence electrons. The van der Waals surface area contributed by atoms with Gasteiger partial charge in [-0.15, -0.1) is 0 Å². The van der Waals surface area contributed by atoms with Gasteiger partial charge in [-0.3, -0.25) is 4.79 Å². The van der Waals surface area contributed by atoms with Crippen LogP contribution in [0.15, 0.2) is 30.3 Å². The SMILES string of the molecule is COc1cc(C)cc2c1Oc1ccc(C=O)cc1C(=O)OC2. The molecule has 0 spiro atoms. The molecule has 5 heteroatoms. The van der Waals surface area contributed by atoms with Gasteiger partial charge in [-0.05, 0) is 42.8 Å². The topological polar surface area (TPSA) is 61.8 Å². The highest BCUT2D eigenvalue weighted by molar-refractivity contribution is 5.95. The second-order valence-electron chi connectivity index (χ2n) is 5.01. The number of cyclic esters (lactones) is 1. The van der Waals surface area contributed by atoms with Gasteiger partial charge in [-0.25, -0.2) is 4.79 Å². The number of carbonyl (C=O) groups is 2. The number of carbonyl (C=O) groups excluding carboxylic acids is 2. The number of aryl methyl sites for hydroxylation is 1. The molecular formula is C17H14O5. The van der Waals surface area contributed by atoms with E-state index in [1.165, 1.54) is 6.07 Å². The van der Waals surface area contributed by atoms with Crippen molar-refractivity contribution in [1.29, 1.82) is 0 Å².